The van der Waals surface area contributed by atoms with Crippen molar-refractivity contribution in [3.63, 3.8) is 0 Å². The van der Waals surface area contributed by atoms with Crippen molar-refractivity contribution in [2.45, 2.75) is 52.2 Å². The fourth-order valence-electron chi connectivity index (χ4n) is 1.38. The van der Waals surface area contributed by atoms with E-state index in [9.17, 15) is 9.90 Å². The first-order valence-corrected chi connectivity index (χ1v) is 9.37. The first kappa shape index (κ1) is 15.6. The van der Waals surface area contributed by atoms with E-state index >= 15 is 0 Å². The molecule has 1 aromatic rings. The van der Waals surface area contributed by atoms with Crippen molar-refractivity contribution in [3.8, 4) is 17.2 Å². The van der Waals surface area contributed by atoms with Gasteiger partial charge in [-0.15, -0.1) is 11.5 Å². The lowest BCUT2D eigenvalue weighted by atomic mass is 10.1. The van der Waals surface area contributed by atoms with Crippen LogP contribution in [0, 0.1) is 18.4 Å². The minimum absolute atomic E-state index is 0.0294. The van der Waals surface area contributed by atoms with E-state index in [0.29, 0.717) is 17.7 Å². The maximum atomic E-state index is 11.1. The normalized spacial score (nSPS) is 11.9. The second-order valence-corrected chi connectivity index (χ2v) is 11.3. The van der Waals surface area contributed by atoms with Crippen molar-refractivity contribution >= 4 is 8.07 Å². The van der Waals surface area contributed by atoms with Gasteiger partial charge >= 0.3 is 5.63 Å². The molecule has 0 spiro atoms. The highest BCUT2D eigenvalue weighted by atomic mass is 28.3. The lowest BCUT2D eigenvalue weighted by molar-refractivity contribution is 0.425. The summed E-state index contributed by atoms with van der Waals surface area (Å²) in [6.45, 7) is 12.8. The molecule has 0 aliphatic carbocycles. The Kier molecular flexibility index (Phi) is 4.31. The predicted molar refractivity (Wildman–Crippen MR) is 80.1 cm³/mol. The van der Waals surface area contributed by atoms with Gasteiger partial charge in [0.2, 0.25) is 0 Å². The van der Waals surface area contributed by atoms with E-state index in [1.165, 1.54) is 0 Å². The Labute approximate surface area is 115 Å². The third-order valence-electron chi connectivity index (χ3n) is 3.78. The summed E-state index contributed by atoms with van der Waals surface area (Å²) in [7, 11) is -1.64. The SMILES string of the molecule is Cc1oc(=O)cc(O)c1CC#C[Si](C)(C)C(C)(C)C. The summed E-state index contributed by atoms with van der Waals surface area (Å²) in [6.07, 6.45) is 0.411. The van der Waals surface area contributed by atoms with Gasteiger partial charge in [0.1, 0.15) is 19.6 Å². The Bertz CT molecular complexity index is 554. The van der Waals surface area contributed by atoms with E-state index < -0.39 is 13.7 Å². The highest BCUT2D eigenvalue weighted by Crippen LogP contribution is 2.35. The van der Waals surface area contributed by atoms with Gasteiger partial charge in [0.05, 0.1) is 6.07 Å². The van der Waals surface area contributed by atoms with E-state index in [1.807, 2.05) is 0 Å². The van der Waals surface area contributed by atoms with Crippen molar-refractivity contribution in [1.82, 2.24) is 0 Å². The van der Waals surface area contributed by atoms with Crippen LogP contribution in [0.2, 0.25) is 18.1 Å². The summed E-state index contributed by atoms with van der Waals surface area (Å²) in [5.41, 5.74) is 3.45. The van der Waals surface area contributed by atoms with Crippen molar-refractivity contribution in [3.05, 3.63) is 27.8 Å². The molecule has 0 atom stereocenters. The van der Waals surface area contributed by atoms with Gasteiger partial charge in [0, 0.05) is 12.0 Å². The lowest BCUT2D eigenvalue weighted by Gasteiger charge is -2.31. The van der Waals surface area contributed by atoms with E-state index in [1.54, 1.807) is 6.92 Å². The number of hydrogen-bond donors (Lipinski definition) is 1. The van der Waals surface area contributed by atoms with Crippen molar-refractivity contribution in [2.24, 2.45) is 0 Å². The van der Waals surface area contributed by atoms with Gasteiger partial charge in [-0.05, 0) is 12.0 Å². The molecular weight excluding hydrogens is 256 g/mol. The van der Waals surface area contributed by atoms with Crippen LogP contribution in [0.15, 0.2) is 15.3 Å². The second kappa shape index (κ2) is 5.26. The van der Waals surface area contributed by atoms with Crippen LogP contribution < -0.4 is 5.63 Å². The molecule has 0 radical (unpaired) electrons. The molecular formula is C15H22O3Si. The van der Waals surface area contributed by atoms with Crippen LogP contribution in [0.5, 0.6) is 5.75 Å². The number of rotatable bonds is 1. The average molecular weight is 278 g/mol. The first-order chi connectivity index (χ1) is 8.54. The maximum absolute atomic E-state index is 11.1. The molecule has 0 bridgehead atoms. The van der Waals surface area contributed by atoms with Gasteiger partial charge in [0.15, 0.2) is 0 Å². The molecule has 1 N–H and O–H groups in total. The summed E-state index contributed by atoms with van der Waals surface area (Å²) in [4.78, 5) is 11.1. The molecule has 1 aromatic heterocycles. The van der Waals surface area contributed by atoms with E-state index in [0.717, 1.165) is 6.07 Å². The summed E-state index contributed by atoms with van der Waals surface area (Å²) in [5, 5.41) is 9.95. The minimum atomic E-state index is -1.64. The number of aryl methyl sites for hydroxylation is 1. The first-order valence-electron chi connectivity index (χ1n) is 6.37. The van der Waals surface area contributed by atoms with Crippen LogP contribution in [0.1, 0.15) is 32.1 Å². The molecule has 0 fully saturated rings. The Morgan fingerprint density at radius 3 is 2.42 bits per heavy atom. The maximum Gasteiger partial charge on any atom is 0.339 e. The number of hydrogen-bond acceptors (Lipinski definition) is 3. The fourth-order valence-corrected chi connectivity index (χ4v) is 2.28. The summed E-state index contributed by atoms with van der Waals surface area (Å²) < 4.78 is 4.97. The van der Waals surface area contributed by atoms with Crippen LogP contribution in [-0.4, -0.2) is 13.2 Å². The standard InChI is InChI=1S/C15H22O3Si/c1-11-12(13(16)10-14(17)18-11)8-7-9-19(5,6)15(2,3)4/h10,16H,8H2,1-6H3. The van der Waals surface area contributed by atoms with Gasteiger partial charge in [-0.2, -0.15) is 0 Å². The van der Waals surface area contributed by atoms with Crippen molar-refractivity contribution in [2.75, 3.05) is 0 Å². The fraction of sp³-hybridized carbons (Fsp3) is 0.533. The van der Waals surface area contributed by atoms with Crippen LogP contribution in [-0.2, 0) is 6.42 Å². The molecule has 0 aromatic carbocycles. The molecule has 0 saturated carbocycles. The smallest absolute Gasteiger partial charge is 0.339 e. The molecule has 0 saturated heterocycles. The van der Waals surface area contributed by atoms with Crippen molar-refractivity contribution in [1.29, 1.82) is 0 Å². The monoisotopic (exact) mass is 278 g/mol. The Hall–Kier alpha value is -1.47. The molecule has 104 valence electrons. The molecule has 4 heteroatoms. The largest absolute Gasteiger partial charge is 0.507 e. The third kappa shape index (κ3) is 3.74. The van der Waals surface area contributed by atoms with Crippen molar-refractivity contribution < 1.29 is 9.52 Å². The van der Waals surface area contributed by atoms with Gasteiger partial charge in [-0.1, -0.05) is 33.9 Å². The van der Waals surface area contributed by atoms with Gasteiger partial charge in [-0.25, -0.2) is 4.79 Å². The summed E-state index contributed by atoms with van der Waals surface area (Å²) in [6, 6.07) is 1.09. The molecule has 0 aliphatic rings. The molecule has 3 nitrogen and oxygen atoms in total. The van der Waals surface area contributed by atoms with Crippen LogP contribution in [0.3, 0.4) is 0 Å². The summed E-state index contributed by atoms with van der Waals surface area (Å²) in [5.74, 6) is 3.55. The van der Waals surface area contributed by atoms with Gasteiger partial charge < -0.3 is 9.52 Å². The third-order valence-corrected chi connectivity index (χ3v) is 8.34. The highest BCUT2D eigenvalue weighted by molar-refractivity contribution is 6.87. The van der Waals surface area contributed by atoms with Crippen LogP contribution >= 0.6 is 0 Å². The zero-order chi connectivity index (χ0) is 14.8. The molecule has 0 unspecified atom stereocenters. The van der Waals surface area contributed by atoms with Crippen LogP contribution in [0.25, 0.3) is 0 Å². The molecule has 19 heavy (non-hydrogen) atoms. The van der Waals surface area contributed by atoms with E-state index in [4.69, 9.17) is 4.42 Å². The molecule has 1 rings (SSSR count). The zero-order valence-electron chi connectivity index (χ0n) is 12.5. The van der Waals surface area contributed by atoms with Gasteiger partial charge in [-0.3, -0.25) is 0 Å². The summed E-state index contributed by atoms with van der Waals surface area (Å²) >= 11 is 0. The Balaban J connectivity index is 3.00. The van der Waals surface area contributed by atoms with Crippen LogP contribution in [0.4, 0.5) is 0 Å². The van der Waals surface area contributed by atoms with E-state index in [2.05, 4.69) is 45.3 Å². The molecule has 0 aliphatic heterocycles. The topological polar surface area (TPSA) is 50.4 Å². The van der Waals surface area contributed by atoms with Gasteiger partial charge in [0.25, 0.3) is 0 Å². The lowest BCUT2D eigenvalue weighted by Crippen LogP contribution is -2.35. The Morgan fingerprint density at radius 2 is 1.95 bits per heavy atom. The number of aromatic hydroxyl groups is 1. The second-order valence-electron chi connectivity index (χ2n) is 6.34. The zero-order valence-corrected chi connectivity index (χ0v) is 13.5. The molecule has 1 heterocycles. The minimum Gasteiger partial charge on any atom is -0.507 e. The predicted octanol–water partition coefficient (Wildman–Crippen LogP) is 3.25. The average Bonchev–Trinajstić information content (AvgIpc) is 2.20. The van der Waals surface area contributed by atoms with E-state index in [-0.39, 0.29) is 10.8 Å². The molecule has 0 amide bonds. The quantitative estimate of drug-likeness (QED) is 0.633. The Morgan fingerprint density at radius 1 is 1.37 bits per heavy atom. The highest BCUT2D eigenvalue weighted by Gasteiger charge is 2.33.